The molecule has 1 aliphatic carbocycles. The van der Waals surface area contributed by atoms with Crippen LogP contribution in [0.25, 0.3) is 0 Å². The molecule has 0 radical (unpaired) electrons. The Morgan fingerprint density at radius 2 is 1.90 bits per heavy atom. The van der Waals surface area contributed by atoms with Gasteiger partial charge in [-0.25, -0.2) is 8.42 Å². The van der Waals surface area contributed by atoms with Gasteiger partial charge < -0.3 is 14.8 Å². The molecule has 0 aromatic heterocycles. The van der Waals surface area contributed by atoms with E-state index in [-0.39, 0.29) is 24.2 Å². The maximum atomic E-state index is 12.9. The summed E-state index contributed by atoms with van der Waals surface area (Å²) in [5.74, 6) is 0.614. The summed E-state index contributed by atoms with van der Waals surface area (Å²) >= 11 is 0. The number of rotatable bonds is 6. The lowest BCUT2D eigenvalue weighted by Gasteiger charge is -2.29. The summed E-state index contributed by atoms with van der Waals surface area (Å²) in [4.78, 5) is 12.9. The van der Waals surface area contributed by atoms with Gasteiger partial charge in [-0.2, -0.15) is 0 Å². The molecular formula is C22H26N2O5S. The van der Waals surface area contributed by atoms with Gasteiger partial charge in [0.1, 0.15) is 19.8 Å². The average molecular weight is 431 g/mol. The van der Waals surface area contributed by atoms with E-state index < -0.39 is 10.0 Å². The predicted molar refractivity (Wildman–Crippen MR) is 115 cm³/mol. The molecule has 1 aliphatic heterocycles. The van der Waals surface area contributed by atoms with Crippen LogP contribution in [0.3, 0.4) is 0 Å². The molecule has 0 bridgehead atoms. The first kappa shape index (κ1) is 20.5. The van der Waals surface area contributed by atoms with Crippen LogP contribution in [0.5, 0.6) is 11.5 Å². The minimum atomic E-state index is -3.66. The van der Waals surface area contributed by atoms with Crippen LogP contribution in [-0.2, 0) is 21.2 Å². The van der Waals surface area contributed by atoms with Gasteiger partial charge in [-0.1, -0.05) is 24.3 Å². The zero-order chi connectivity index (χ0) is 21.1. The number of anilines is 1. The number of carbonyl (C=O) groups is 1. The number of carbonyl (C=O) groups excluding carboxylic acids is 1. The quantitative estimate of drug-likeness (QED) is 0.762. The van der Waals surface area contributed by atoms with Crippen molar-refractivity contribution < 1.29 is 22.7 Å². The number of fused-ring (bicyclic) bond motifs is 2. The topological polar surface area (TPSA) is 84.9 Å². The Morgan fingerprint density at radius 3 is 2.70 bits per heavy atom. The van der Waals surface area contributed by atoms with Gasteiger partial charge in [0.2, 0.25) is 15.9 Å². The van der Waals surface area contributed by atoms with Crippen LogP contribution in [0, 0.1) is 0 Å². The van der Waals surface area contributed by atoms with Gasteiger partial charge in [-0.05, 0) is 49.4 Å². The van der Waals surface area contributed by atoms with Gasteiger partial charge in [0, 0.05) is 6.07 Å². The van der Waals surface area contributed by atoms with Gasteiger partial charge in [0.25, 0.3) is 0 Å². The van der Waals surface area contributed by atoms with Crippen LogP contribution in [0.1, 0.15) is 36.9 Å². The summed E-state index contributed by atoms with van der Waals surface area (Å²) in [6.45, 7) is 2.14. The molecule has 4 rings (SSSR count). The second-order valence-electron chi connectivity index (χ2n) is 7.45. The van der Waals surface area contributed by atoms with Gasteiger partial charge in [-0.15, -0.1) is 0 Å². The number of amides is 1. The van der Waals surface area contributed by atoms with Gasteiger partial charge in [0.05, 0.1) is 17.5 Å². The molecule has 0 fully saturated rings. The molecule has 8 heteroatoms. The van der Waals surface area contributed by atoms with Crippen LogP contribution in [0.15, 0.2) is 42.5 Å². The van der Waals surface area contributed by atoms with Crippen LogP contribution >= 0.6 is 0 Å². The summed E-state index contributed by atoms with van der Waals surface area (Å²) in [6, 6.07) is 12.9. The number of sulfonamides is 1. The van der Waals surface area contributed by atoms with Crippen LogP contribution < -0.4 is 19.1 Å². The highest BCUT2D eigenvalue weighted by atomic mass is 32.2. The smallest absolute Gasteiger partial charge is 0.241 e. The number of ether oxygens (including phenoxy) is 2. The fourth-order valence-electron chi connectivity index (χ4n) is 3.97. The summed E-state index contributed by atoms with van der Waals surface area (Å²) < 4.78 is 37.8. The normalized spacial score (nSPS) is 17.7. The van der Waals surface area contributed by atoms with E-state index in [0.29, 0.717) is 30.4 Å². The van der Waals surface area contributed by atoms with Crippen molar-refractivity contribution in [1.29, 1.82) is 0 Å². The summed E-state index contributed by atoms with van der Waals surface area (Å²) in [5.41, 5.74) is 2.74. The average Bonchev–Trinajstić information content (AvgIpc) is 2.77. The van der Waals surface area contributed by atoms with Gasteiger partial charge in [0.15, 0.2) is 11.5 Å². The number of benzene rings is 2. The van der Waals surface area contributed by atoms with E-state index in [9.17, 15) is 13.2 Å². The van der Waals surface area contributed by atoms with Crippen molar-refractivity contribution in [1.82, 2.24) is 5.32 Å². The molecule has 0 unspecified atom stereocenters. The van der Waals surface area contributed by atoms with E-state index in [0.717, 1.165) is 29.1 Å². The highest BCUT2D eigenvalue weighted by molar-refractivity contribution is 7.92. The molecule has 2 aromatic carbocycles. The number of hydrogen-bond acceptors (Lipinski definition) is 5. The third-order valence-corrected chi connectivity index (χ3v) is 7.25. The van der Waals surface area contributed by atoms with Crippen molar-refractivity contribution >= 4 is 21.6 Å². The second kappa shape index (κ2) is 8.55. The number of nitrogens with zero attached hydrogens (tertiary/aromatic N) is 1. The first-order chi connectivity index (χ1) is 14.5. The van der Waals surface area contributed by atoms with Crippen molar-refractivity contribution in [2.24, 2.45) is 0 Å². The summed E-state index contributed by atoms with van der Waals surface area (Å²) in [7, 11) is -3.66. The fraction of sp³-hybridized carbons (Fsp3) is 0.409. The first-order valence-electron chi connectivity index (χ1n) is 10.2. The molecule has 0 saturated heterocycles. The largest absolute Gasteiger partial charge is 0.486 e. The molecular weight excluding hydrogens is 404 g/mol. The zero-order valence-corrected chi connectivity index (χ0v) is 17.8. The number of hydrogen-bond donors (Lipinski definition) is 1. The third kappa shape index (κ3) is 4.23. The molecule has 1 heterocycles. The van der Waals surface area contributed by atoms with Crippen LogP contribution in [0.2, 0.25) is 0 Å². The number of aryl methyl sites for hydroxylation is 1. The van der Waals surface area contributed by atoms with Crippen molar-refractivity contribution in [3.8, 4) is 11.5 Å². The van der Waals surface area contributed by atoms with E-state index in [1.54, 1.807) is 25.1 Å². The Balaban J connectivity index is 1.55. The van der Waals surface area contributed by atoms with Gasteiger partial charge in [-0.3, -0.25) is 9.10 Å². The van der Waals surface area contributed by atoms with E-state index in [2.05, 4.69) is 11.4 Å². The Hall–Kier alpha value is -2.74. The first-order valence-corrected chi connectivity index (χ1v) is 11.9. The van der Waals surface area contributed by atoms with E-state index >= 15 is 0 Å². The van der Waals surface area contributed by atoms with Crippen LogP contribution in [-0.4, -0.2) is 39.8 Å². The summed E-state index contributed by atoms with van der Waals surface area (Å²) in [6.07, 6.45) is 2.82. The van der Waals surface area contributed by atoms with Crippen molar-refractivity contribution in [3.05, 3.63) is 53.6 Å². The lowest BCUT2D eigenvalue weighted by atomic mass is 9.88. The molecule has 2 aliphatic rings. The molecule has 7 nitrogen and oxygen atoms in total. The van der Waals surface area contributed by atoms with E-state index in [1.165, 1.54) is 5.56 Å². The van der Waals surface area contributed by atoms with E-state index in [1.807, 2.05) is 18.2 Å². The molecule has 0 spiro atoms. The Kier molecular flexibility index (Phi) is 5.85. The van der Waals surface area contributed by atoms with Crippen LogP contribution in [0.4, 0.5) is 5.69 Å². The Bertz CT molecular complexity index is 1040. The zero-order valence-electron chi connectivity index (χ0n) is 17.0. The highest BCUT2D eigenvalue weighted by Gasteiger charge is 2.27. The third-order valence-electron chi connectivity index (χ3n) is 5.51. The second-order valence-corrected chi connectivity index (χ2v) is 9.63. The Labute approximate surface area is 177 Å². The van der Waals surface area contributed by atoms with Crippen molar-refractivity contribution in [3.63, 3.8) is 0 Å². The minimum absolute atomic E-state index is 0.103. The van der Waals surface area contributed by atoms with Gasteiger partial charge >= 0.3 is 0 Å². The van der Waals surface area contributed by atoms with Crippen molar-refractivity contribution in [2.75, 3.05) is 29.8 Å². The maximum Gasteiger partial charge on any atom is 0.241 e. The molecule has 30 heavy (non-hydrogen) atoms. The molecule has 2 aromatic rings. The predicted octanol–water partition coefficient (Wildman–Crippen LogP) is 2.81. The molecule has 0 saturated carbocycles. The monoisotopic (exact) mass is 430 g/mol. The Morgan fingerprint density at radius 1 is 1.13 bits per heavy atom. The minimum Gasteiger partial charge on any atom is -0.486 e. The molecule has 1 atom stereocenters. The molecule has 1 N–H and O–H groups in total. The lowest BCUT2D eigenvalue weighted by molar-refractivity contribution is -0.120. The highest BCUT2D eigenvalue weighted by Crippen LogP contribution is 2.35. The molecule has 160 valence electrons. The maximum absolute atomic E-state index is 12.9. The van der Waals surface area contributed by atoms with E-state index in [4.69, 9.17) is 9.47 Å². The SMILES string of the molecule is CCS(=O)(=O)N(CC(=O)N[C@@H]1CCCc2ccccc21)c1ccc2c(c1)OCCO2. The lowest BCUT2D eigenvalue weighted by Crippen LogP contribution is -2.43. The summed E-state index contributed by atoms with van der Waals surface area (Å²) in [5, 5.41) is 3.03. The standard InChI is InChI=1S/C22H26N2O5S/c1-2-30(26,27)24(17-10-11-20-21(14-17)29-13-12-28-20)15-22(25)23-19-9-5-7-16-6-3-4-8-18(16)19/h3-4,6,8,10-11,14,19H,2,5,7,9,12-13,15H2,1H3,(H,23,25)/t19-/m1/s1. The fourth-order valence-corrected chi connectivity index (χ4v) is 5.03. The van der Waals surface area contributed by atoms with Crippen molar-refractivity contribution in [2.45, 2.75) is 32.2 Å². The number of nitrogens with one attached hydrogen (secondary N) is 1. The molecule has 1 amide bonds.